The van der Waals surface area contributed by atoms with Gasteiger partial charge in [-0.15, -0.1) is 0 Å². The summed E-state index contributed by atoms with van der Waals surface area (Å²) in [4.78, 5) is 29.1. The van der Waals surface area contributed by atoms with Gasteiger partial charge in [-0.25, -0.2) is 4.79 Å². The Hall–Kier alpha value is -2.05. The van der Waals surface area contributed by atoms with Crippen LogP contribution in [0, 0.1) is 5.92 Å². The lowest BCUT2D eigenvalue weighted by Crippen LogP contribution is -2.50. The lowest BCUT2D eigenvalue weighted by atomic mass is 9.92. The molecule has 156 valence electrons. The van der Waals surface area contributed by atoms with E-state index >= 15 is 0 Å². The Morgan fingerprint density at radius 1 is 1.29 bits per heavy atom. The Balaban J connectivity index is 1.64. The van der Waals surface area contributed by atoms with Crippen molar-refractivity contribution >= 4 is 12.0 Å². The van der Waals surface area contributed by atoms with Crippen LogP contribution in [0.5, 0.6) is 0 Å². The van der Waals surface area contributed by atoms with E-state index in [4.69, 9.17) is 4.74 Å². The maximum absolute atomic E-state index is 13.0. The summed E-state index contributed by atoms with van der Waals surface area (Å²) in [7, 11) is 1.83. The molecule has 7 heteroatoms. The molecule has 3 heterocycles. The number of amides is 2. The number of hydrogen-bond acceptors (Lipinski definition) is 4. The molecule has 7 nitrogen and oxygen atoms in total. The predicted molar refractivity (Wildman–Crippen MR) is 107 cm³/mol. The second-order valence-electron chi connectivity index (χ2n) is 9.58. The van der Waals surface area contributed by atoms with E-state index in [2.05, 4.69) is 39.7 Å². The van der Waals surface area contributed by atoms with Gasteiger partial charge in [0.15, 0.2) is 0 Å². The fourth-order valence-electron chi connectivity index (χ4n) is 4.19. The standard InChI is InChI=1S/C21H34N4O3/c1-14(2)11-16-13-28-20(27)25(16)15-7-9-24(10-8-15)19(26)17-12-18(21(3,4)5)22-23(17)6/h12,14-16H,7-11,13H2,1-6H3. The summed E-state index contributed by atoms with van der Waals surface area (Å²) in [5, 5.41) is 4.52. The molecule has 0 radical (unpaired) electrons. The minimum Gasteiger partial charge on any atom is -0.447 e. The molecule has 2 aliphatic heterocycles. The van der Waals surface area contributed by atoms with Gasteiger partial charge in [0, 0.05) is 31.6 Å². The van der Waals surface area contributed by atoms with Crippen molar-refractivity contribution in [3.05, 3.63) is 17.5 Å². The summed E-state index contributed by atoms with van der Waals surface area (Å²) >= 11 is 0. The smallest absolute Gasteiger partial charge is 0.410 e. The number of carbonyl (C=O) groups excluding carboxylic acids is 2. The zero-order valence-electron chi connectivity index (χ0n) is 18.1. The molecule has 1 atom stereocenters. The summed E-state index contributed by atoms with van der Waals surface area (Å²) < 4.78 is 7.01. The second-order valence-corrected chi connectivity index (χ2v) is 9.58. The van der Waals surface area contributed by atoms with Gasteiger partial charge in [-0.05, 0) is 31.2 Å². The Bertz CT molecular complexity index is 726. The first-order valence-corrected chi connectivity index (χ1v) is 10.4. The fourth-order valence-corrected chi connectivity index (χ4v) is 4.19. The second kappa shape index (κ2) is 7.76. The Morgan fingerprint density at radius 3 is 2.46 bits per heavy atom. The number of aryl methyl sites for hydroxylation is 1. The zero-order chi connectivity index (χ0) is 20.6. The molecule has 2 aliphatic rings. The number of cyclic esters (lactones) is 1. The van der Waals surface area contributed by atoms with Crippen LogP contribution >= 0.6 is 0 Å². The SMILES string of the molecule is CC(C)CC1COC(=O)N1C1CCN(C(=O)c2cc(C(C)(C)C)nn2C)CC1. The van der Waals surface area contributed by atoms with Gasteiger partial charge in [0.05, 0.1) is 11.7 Å². The summed E-state index contributed by atoms with van der Waals surface area (Å²) in [5.41, 5.74) is 1.45. The number of hydrogen-bond donors (Lipinski definition) is 0. The van der Waals surface area contributed by atoms with Crippen molar-refractivity contribution in [2.24, 2.45) is 13.0 Å². The maximum atomic E-state index is 13.0. The molecule has 28 heavy (non-hydrogen) atoms. The number of piperidine rings is 1. The van der Waals surface area contributed by atoms with Gasteiger partial charge in [-0.3, -0.25) is 14.4 Å². The number of carbonyl (C=O) groups is 2. The summed E-state index contributed by atoms with van der Waals surface area (Å²) in [6, 6.07) is 2.22. The Morgan fingerprint density at radius 2 is 1.93 bits per heavy atom. The topological polar surface area (TPSA) is 67.7 Å². The van der Waals surface area contributed by atoms with Crippen LogP contribution in [0.1, 0.15) is 70.1 Å². The lowest BCUT2D eigenvalue weighted by molar-refractivity contribution is 0.0620. The minimum absolute atomic E-state index is 0.0201. The molecular formula is C21H34N4O3. The number of likely N-dealkylation sites (tertiary alicyclic amines) is 1. The first-order chi connectivity index (χ1) is 13.1. The molecule has 0 aliphatic carbocycles. The summed E-state index contributed by atoms with van der Waals surface area (Å²) in [6.45, 7) is 12.4. The molecule has 2 saturated heterocycles. The van der Waals surface area contributed by atoms with Gasteiger partial charge < -0.3 is 9.64 Å². The van der Waals surface area contributed by atoms with E-state index in [0.29, 0.717) is 31.3 Å². The maximum Gasteiger partial charge on any atom is 0.410 e. The van der Waals surface area contributed by atoms with Crippen molar-refractivity contribution in [3.8, 4) is 0 Å². The number of nitrogens with zero attached hydrogens (tertiary/aromatic N) is 4. The van der Waals surface area contributed by atoms with Gasteiger partial charge in [-0.1, -0.05) is 34.6 Å². The molecule has 2 fully saturated rings. The Kier molecular flexibility index (Phi) is 5.73. The van der Waals surface area contributed by atoms with Crippen LogP contribution in [-0.4, -0.2) is 63.4 Å². The quantitative estimate of drug-likeness (QED) is 0.792. The number of aromatic nitrogens is 2. The molecule has 1 unspecified atom stereocenters. The average molecular weight is 391 g/mol. The highest BCUT2D eigenvalue weighted by Gasteiger charge is 2.40. The molecule has 0 aromatic carbocycles. The normalized spacial score (nSPS) is 21.5. The molecule has 1 aromatic heterocycles. The van der Waals surface area contributed by atoms with Crippen molar-refractivity contribution in [1.29, 1.82) is 0 Å². The van der Waals surface area contributed by atoms with Crippen LogP contribution in [0.25, 0.3) is 0 Å². The third-order valence-electron chi connectivity index (χ3n) is 5.76. The molecular weight excluding hydrogens is 356 g/mol. The summed E-state index contributed by atoms with van der Waals surface area (Å²) in [5.74, 6) is 0.539. The van der Waals surface area contributed by atoms with Gasteiger partial charge >= 0.3 is 6.09 Å². The molecule has 0 saturated carbocycles. The van der Waals surface area contributed by atoms with Gasteiger partial charge in [0.25, 0.3) is 5.91 Å². The fraction of sp³-hybridized carbons (Fsp3) is 0.762. The highest BCUT2D eigenvalue weighted by molar-refractivity contribution is 5.92. The van der Waals surface area contributed by atoms with Crippen LogP contribution < -0.4 is 0 Å². The van der Waals surface area contributed by atoms with Gasteiger partial charge in [-0.2, -0.15) is 5.10 Å². The third kappa shape index (κ3) is 4.18. The van der Waals surface area contributed by atoms with Crippen LogP contribution in [0.15, 0.2) is 6.07 Å². The van der Waals surface area contributed by atoms with E-state index in [-0.39, 0.29) is 29.5 Å². The highest BCUT2D eigenvalue weighted by Crippen LogP contribution is 2.28. The minimum atomic E-state index is -0.197. The molecule has 2 amide bonds. The van der Waals surface area contributed by atoms with Crippen molar-refractivity contribution in [3.63, 3.8) is 0 Å². The van der Waals surface area contributed by atoms with E-state index in [1.807, 2.05) is 22.9 Å². The van der Waals surface area contributed by atoms with Crippen molar-refractivity contribution in [1.82, 2.24) is 19.6 Å². The number of rotatable bonds is 4. The molecule has 0 bridgehead atoms. The van der Waals surface area contributed by atoms with E-state index in [9.17, 15) is 9.59 Å². The van der Waals surface area contributed by atoms with E-state index in [0.717, 1.165) is 25.0 Å². The van der Waals surface area contributed by atoms with Crippen molar-refractivity contribution in [2.45, 2.75) is 71.4 Å². The van der Waals surface area contributed by atoms with E-state index < -0.39 is 0 Å². The summed E-state index contributed by atoms with van der Waals surface area (Å²) in [6.07, 6.45) is 2.34. The molecule has 3 rings (SSSR count). The Labute approximate surface area is 168 Å². The van der Waals surface area contributed by atoms with Crippen LogP contribution in [0.2, 0.25) is 0 Å². The van der Waals surface area contributed by atoms with E-state index in [1.54, 1.807) is 4.68 Å². The first kappa shape index (κ1) is 20.7. The average Bonchev–Trinajstić information content (AvgIpc) is 3.17. The largest absolute Gasteiger partial charge is 0.447 e. The molecule has 1 aromatic rings. The predicted octanol–water partition coefficient (Wildman–Crippen LogP) is 3.19. The van der Waals surface area contributed by atoms with Crippen molar-refractivity contribution in [2.75, 3.05) is 19.7 Å². The number of ether oxygens (including phenoxy) is 1. The lowest BCUT2D eigenvalue weighted by Gasteiger charge is -2.38. The molecule has 0 spiro atoms. The third-order valence-corrected chi connectivity index (χ3v) is 5.76. The van der Waals surface area contributed by atoms with Crippen molar-refractivity contribution < 1.29 is 14.3 Å². The van der Waals surface area contributed by atoms with Crippen LogP contribution in [0.4, 0.5) is 4.79 Å². The highest BCUT2D eigenvalue weighted by atomic mass is 16.6. The van der Waals surface area contributed by atoms with Gasteiger partial charge in [0.1, 0.15) is 12.3 Å². The zero-order valence-corrected chi connectivity index (χ0v) is 18.1. The van der Waals surface area contributed by atoms with Crippen LogP contribution in [0.3, 0.4) is 0 Å². The van der Waals surface area contributed by atoms with E-state index in [1.165, 1.54) is 0 Å². The van der Waals surface area contributed by atoms with Crippen LogP contribution in [-0.2, 0) is 17.2 Å². The monoisotopic (exact) mass is 390 g/mol. The molecule has 0 N–H and O–H groups in total. The van der Waals surface area contributed by atoms with Gasteiger partial charge in [0.2, 0.25) is 0 Å². The first-order valence-electron chi connectivity index (χ1n) is 10.4.